The Labute approximate surface area is 114 Å². The summed E-state index contributed by atoms with van der Waals surface area (Å²) in [5, 5.41) is 3.54. The third-order valence-electron chi connectivity index (χ3n) is 3.71. The summed E-state index contributed by atoms with van der Waals surface area (Å²) in [6.07, 6.45) is 21.5. The molecule has 1 fully saturated rings. The molecule has 106 valence electrons. The lowest BCUT2D eigenvalue weighted by atomic mass is 10.1. The van der Waals surface area contributed by atoms with E-state index >= 15 is 0 Å². The van der Waals surface area contributed by atoms with Gasteiger partial charge in [0.2, 0.25) is 0 Å². The Morgan fingerprint density at radius 2 is 1.44 bits per heavy atom. The number of hydrogen-bond donors (Lipinski definition) is 1. The van der Waals surface area contributed by atoms with E-state index in [2.05, 4.69) is 24.4 Å². The van der Waals surface area contributed by atoms with E-state index in [-0.39, 0.29) is 0 Å². The molecule has 18 heavy (non-hydrogen) atoms. The highest BCUT2D eigenvalue weighted by Gasteiger charge is 2.19. The second kappa shape index (κ2) is 11.8. The minimum atomic E-state index is 0.867. The van der Waals surface area contributed by atoms with Gasteiger partial charge in [0.05, 0.1) is 0 Å². The maximum Gasteiger partial charge on any atom is 0.00683 e. The first-order valence-corrected chi connectivity index (χ1v) is 8.32. The van der Waals surface area contributed by atoms with Crippen molar-refractivity contribution in [1.82, 2.24) is 5.32 Å². The van der Waals surface area contributed by atoms with Gasteiger partial charge in [0.25, 0.3) is 0 Å². The summed E-state index contributed by atoms with van der Waals surface area (Å²) >= 11 is 0. The molecule has 0 atom stereocenters. The molecule has 1 aliphatic rings. The zero-order valence-electron chi connectivity index (χ0n) is 12.4. The van der Waals surface area contributed by atoms with Gasteiger partial charge in [0.1, 0.15) is 0 Å². The Bertz CT molecular complexity index is 194. The third kappa shape index (κ3) is 10.8. The van der Waals surface area contributed by atoms with Gasteiger partial charge in [-0.2, -0.15) is 0 Å². The average molecular weight is 251 g/mol. The minimum Gasteiger partial charge on any atom is -0.314 e. The van der Waals surface area contributed by atoms with Crippen molar-refractivity contribution in [2.24, 2.45) is 0 Å². The molecule has 0 saturated heterocycles. The Morgan fingerprint density at radius 1 is 0.833 bits per heavy atom. The predicted octanol–water partition coefficient (Wildman–Crippen LogP) is 5.22. The van der Waals surface area contributed by atoms with Crippen molar-refractivity contribution in [1.29, 1.82) is 0 Å². The Hall–Kier alpha value is -0.300. The summed E-state index contributed by atoms with van der Waals surface area (Å²) in [6, 6.07) is 0.867. The van der Waals surface area contributed by atoms with E-state index in [0.717, 1.165) is 6.04 Å². The molecule has 0 bridgehead atoms. The molecule has 1 heteroatoms. The lowest BCUT2D eigenvalue weighted by molar-refractivity contribution is 0.577. The number of nitrogens with one attached hydrogen (secondary N) is 1. The number of hydrogen-bond acceptors (Lipinski definition) is 1. The summed E-state index contributed by atoms with van der Waals surface area (Å²) in [4.78, 5) is 0. The van der Waals surface area contributed by atoms with Gasteiger partial charge in [-0.3, -0.25) is 0 Å². The van der Waals surface area contributed by atoms with Crippen LogP contribution in [0.3, 0.4) is 0 Å². The molecule has 0 heterocycles. The molecule has 1 rings (SSSR count). The van der Waals surface area contributed by atoms with Crippen LogP contribution in [-0.2, 0) is 0 Å². The van der Waals surface area contributed by atoms with Crippen molar-refractivity contribution in [3.63, 3.8) is 0 Å². The SMILES string of the molecule is CCCCCCCCCCC=CCCNC1CC1. The van der Waals surface area contributed by atoms with E-state index < -0.39 is 0 Å². The molecule has 1 aliphatic carbocycles. The van der Waals surface area contributed by atoms with Crippen molar-refractivity contribution in [2.75, 3.05) is 6.54 Å². The van der Waals surface area contributed by atoms with Gasteiger partial charge in [-0.05, 0) is 38.6 Å². The fourth-order valence-electron chi connectivity index (χ4n) is 2.29. The first-order valence-electron chi connectivity index (χ1n) is 8.32. The lowest BCUT2D eigenvalue weighted by Crippen LogP contribution is -2.16. The maximum absolute atomic E-state index is 3.54. The van der Waals surface area contributed by atoms with Crippen molar-refractivity contribution in [3.8, 4) is 0 Å². The molecule has 0 amide bonds. The van der Waals surface area contributed by atoms with Crippen LogP contribution in [0.15, 0.2) is 12.2 Å². The van der Waals surface area contributed by atoms with E-state index in [9.17, 15) is 0 Å². The van der Waals surface area contributed by atoms with Crippen LogP contribution in [0.25, 0.3) is 0 Å². The van der Waals surface area contributed by atoms with Gasteiger partial charge in [-0.25, -0.2) is 0 Å². The zero-order valence-corrected chi connectivity index (χ0v) is 12.4. The van der Waals surface area contributed by atoms with Crippen LogP contribution >= 0.6 is 0 Å². The first-order chi connectivity index (χ1) is 8.93. The van der Waals surface area contributed by atoms with Crippen molar-refractivity contribution in [3.05, 3.63) is 12.2 Å². The summed E-state index contributed by atoms with van der Waals surface area (Å²) in [5.74, 6) is 0. The van der Waals surface area contributed by atoms with E-state index in [0.29, 0.717) is 0 Å². The van der Waals surface area contributed by atoms with Crippen LogP contribution in [-0.4, -0.2) is 12.6 Å². The highest BCUT2D eigenvalue weighted by atomic mass is 14.9. The smallest absolute Gasteiger partial charge is 0.00683 e. The van der Waals surface area contributed by atoms with Gasteiger partial charge in [-0.15, -0.1) is 0 Å². The summed E-state index contributed by atoms with van der Waals surface area (Å²) in [5.41, 5.74) is 0. The van der Waals surface area contributed by atoms with Crippen LogP contribution in [0.1, 0.15) is 84.0 Å². The number of rotatable bonds is 13. The maximum atomic E-state index is 3.54. The second-order valence-corrected chi connectivity index (χ2v) is 5.75. The number of unbranched alkanes of at least 4 members (excludes halogenated alkanes) is 8. The molecule has 1 saturated carbocycles. The second-order valence-electron chi connectivity index (χ2n) is 5.75. The Morgan fingerprint density at radius 3 is 2.11 bits per heavy atom. The van der Waals surface area contributed by atoms with Crippen LogP contribution in [0.5, 0.6) is 0 Å². The van der Waals surface area contributed by atoms with Crippen LogP contribution in [0.4, 0.5) is 0 Å². The molecule has 0 unspecified atom stereocenters. The quantitative estimate of drug-likeness (QED) is 0.350. The molecule has 0 aliphatic heterocycles. The van der Waals surface area contributed by atoms with Gasteiger partial charge >= 0.3 is 0 Å². The molecule has 0 aromatic rings. The van der Waals surface area contributed by atoms with Crippen molar-refractivity contribution < 1.29 is 0 Å². The van der Waals surface area contributed by atoms with Crippen LogP contribution in [0, 0.1) is 0 Å². The van der Waals surface area contributed by atoms with Crippen LogP contribution in [0.2, 0.25) is 0 Å². The van der Waals surface area contributed by atoms with Crippen molar-refractivity contribution >= 4 is 0 Å². The van der Waals surface area contributed by atoms with Crippen molar-refractivity contribution in [2.45, 2.75) is 90.0 Å². The van der Waals surface area contributed by atoms with E-state index in [1.165, 1.54) is 83.6 Å². The van der Waals surface area contributed by atoms with Crippen LogP contribution < -0.4 is 5.32 Å². The summed E-state index contributed by atoms with van der Waals surface area (Å²) < 4.78 is 0. The summed E-state index contributed by atoms with van der Waals surface area (Å²) in [7, 11) is 0. The fourth-order valence-corrected chi connectivity index (χ4v) is 2.29. The van der Waals surface area contributed by atoms with E-state index in [1.54, 1.807) is 0 Å². The molecule has 0 spiro atoms. The Balaban J connectivity index is 1.68. The van der Waals surface area contributed by atoms with E-state index in [1.807, 2.05) is 0 Å². The zero-order chi connectivity index (χ0) is 12.9. The molecule has 0 aromatic carbocycles. The molecule has 1 nitrogen and oxygen atoms in total. The van der Waals surface area contributed by atoms with Gasteiger partial charge in [-0.1, -0.05) is 64.0 Å². The third-order valence-corrected chi connectivity index (χ3v) is 3.71. The van der Waals surface area contributed by atoms with Gasteiger partial charge in [0, 0.05) is 6.04 Å². The topological polar surface area (TPSA) is 12.0 Å². The molecule has 1 N–H and O–H groups in total. The predicted molar refractivity (Wildman–Crippen MR) is 82.0 cm³/mol. The monoisotopic (exact) mass is 251 g/mol. The summed E-state index contributed by atoms with van der Waals surface area (Å²) in [6.45, 7) is 3.46. The van der Waals surface area contributed by atoms with Gasteiger partial charge < -0.3 is 5.32 Å². The standard InChI is InChI=1S/C17H33N/c1-2-3-4-5-6-7-8-9-10-11-12-13-16-18-17-14-15-17/h11-12,17-18H,2-10,13-16H2,1H3. The molecular formula is C17H33N. The van der Waals surface area contributed by atoms with Gasteiger partial charge in [0.15, 0.2) is 0 Å². The minimum absolute atomic E-state index is 0.867. The highest BCUT2D eigenvalue weighted by Crippen LogP contribution is 2.18. The molecule has 0 aromatic heterocycles. The fraction of sp³-hybridized carbons (Fsp3) is 0.882. The van der Waals surface area contributed by atoms with E-state index in [4.69, 9.17) is 0 Å². The lowest BCUT2D eigenvalue weighted by Gasteiger charge is -2.00. The Kier molecular flexibility index (Phi) is 10.3. The molecular weight excluding hydrogens is 218 g/mol. The normalized spacial score (nSPS) is 15.6. The average Bonchev–Trinajstić information content (AvgIpc) is 3.19. The highest BCUT2D eigenvalue weighted by molar-refractivity contribution is 4.85. The number of allylic oxidation sites excluding steroid dienone is 1. The largest absolute Gasteiger partial charge is 0.314 e. The first kappa shape index (κ1) is 15.8. The molecule has 0 radical (unpaired) electrons.